The first-order valence-corrected chi connectivity index (χ1v) is 7.63. The van der Waals surface area contributed by atoms with Crippen molar-refractivity contribution in [3.8, 4) is 0 Å². The molecule has 6 nitrogen and oxygen atoms in total. The van der Waals surface area contributed by atoms with E-state index < -0.39 is 0 Å². The zero-order valence-electron chi connectivity index (χ0n) is 12.0. The number of hydrogen-bond acceptors (Lipinski definition) is 5. The molecule has 0 bridgehead atoms. The molecule has 114 valence electrons. The van der Waals surface area contributed by atoms with E-state index in [9.17, 15) is 4.79 Å². The standard InChI is InChI=1S/C14H24N2O4/c17-13(16-7-9-18-10-8-16)1-4-15-5-2-14(3-6-15)19-11-12-20-14/h1-12H2. The topological polar surface area (TPSA) is 51.2 Å². The molecule has 3 aliphatic heterocycles. The quantitative estimate of drug-likeness (QED) is 0.734. The van der Waals surface area contributed by atoms with Crippen LogP contribution in [0, 0.1) is 0 Å². The van der Waals surface area contributed by atoms with Gasteiger partial charge in [0.25, 0.3) is 0 Å². The van der Waals surface area contributed by atoms with E-state index in [0.717, 1.165) is 58.8 Å². The third-order valence-electron chi connectivity index (χ3n) is 4.44. The molecule has 0 atom stereocenters. The maximum absolute atomic E-state index is 12.1. The molecule has 0 unspecified atom stereocenters. The Labute approximate surface area is 119 Å². The second-order valence-electron chi connectivity index (χ2n) is 5.69. The highest BCUT2D eigenvalue weighted by molar-refractivity contribution is 5.76. The Hall–Kier alpha value is -0.690. The summed E-state index contributed by atoms with van der Waals surface area (Å²) in [5.74, 6) is -0.0630. The lowest BCUT2D eigenvalue weighted by Gasteiger charge is -2.37. The van der Waals surface area contributed by atoms with Crippen LogP contribution < -0.4 is 0 Å². The van der Waals surface area contributed by atoms with Gasteiger partial charge < -0.3 is 24.0 Å². The number of likely N-dealkylation sites (tertiary alicyclic amines) is 1. The van der Waals surface area contributed by atoms with Gasteiger partial charge >= 0.3 is 0 Å². The average molecular weight is 284 g/mol. The van der Waals surface area contributed by atoms with Gasteiger partial charge in [-0.25, -0.2) is 0 Å². The van der Waals surface area contributed by atoms with Crippen molar-refractivity contribution in [3.05, 3.63) is 0 Å². The van der Waals surface area contributed by atoms with E-state index in [1.165, 1.54) is 0 Å². The van der Waals surface area contributed by atoms with Crippen LogP contribution >= 0.6 is 0 Å². The SMILES string of the molecule is O=C(CCN1CCC2(CC1)OCCO2)N1CCOCC1. The van der Waals surface area contributed by atoms with Crippen LogP contribution in [0.5, 0.6) is 0 Å². The van der Waals surface area contributed by atoms with Crippen LogP contribution in [-0.2, 0) is 19.0 Å². The summed E-state index contributed by atoms with van der Waals surface area (Å²) in [6, 6.07) is 0. The molecule has 1 spiro atoms. The molecular formula is C14H24N2O4. The van der Waals surface area contributed by atoms with Crippen LogP contribution in [0.3, 0.4) is 0 Å². The van der Waals surface area contributed by atoms with Crippen LogP contribution in [-0.4, -0.2) is 80.6 Å². The van der Waals surface area contributed by atoms with Gasteiger partial charge in [0.05, 0.1) is 26.4 Å². The molecule has 6 heteroatoms. The molecule has 3 saturated heterocycles. The lowest BCUT2D eigenvalue weighted by atomic mass is 10.0. The van der Waals surface area contributed by atoms with Crippen LogP contribution in [0.25, 0.3) is 0 Å². The average Bonchev–Trinajstić information content (AvgIpc) is 2.96. The predicted octanol–water partition coefficient (Wildman–Crippen LogP) is 0.0742. The second kappa shape index (κ2) is 6.39. The minimum absolute atomic E-state index is 0.252. The molecule has 3 fully saturated rings. The molecule has 20 heavy (non-hydrogen) atoms. The Kier molecular flexibility index (Phi) is 4.55. The van der Waals surface area contributed by atoms with Crippen molar-refractivity contribution in [3.63, 3.8) is 0 Å². The maximum Gasteiger partial charge on any atom is 0.224 e. The van der Waals surface area contributed by atoms with Gasteiger partial charge in [-0.05, 0) is 0 Å². The van der Waals surface area contributed by atoms with E-state index in [1.54, 1.807) is 0 Å². The molecule has 0 N–H and O–H groups in total. The van der Waals surface area contributed by atoms with Crippen molar-refractivity contribution in [1.82, 2.24) is 9.80 Å². The third kappa shape index (κ3) is 3.31. The minimum Gasteiger partial charge on any atom is -0.378 e. The van der Waals surface area contributed by atoms with Gasteiger partial charge in [0, 0.05) is 52.0 Å². The zero-order chi connectivity index (χ0) is 13.8. The van der Waals surface area contributed by atoms with Crippen molar-refractivity contribution < 1.29 is 19.0 Å². The van der Waals surface area contributed by atoms with Crippen molar-refractivity contribution in [2.24, 2.45) is 0 Å². The van der Waals surface area contributed by atoms with E-state index in [4.69, 9.17) is 14.2 Å². The van der Waals surface area contributed by atoms with Gasteiger partial charge in [-0.3, -0.25) is 4.79 Å². The highest BCUT2D eigenvalue weighted by Gasteiger charge is 2.39. The van der Waals surface area contributed by atoms with Gasteiger partial charge in [0.1, 0.15) is 0 Å². The van der Waals surface area contributed by atoms with Gasteiger partial charge in [-0.15, -0.1) is 0 Å². The summed E-state index contributed by atoms with van der Waals surface area (Å²) in [5, 5.41) is 0. The number of morpholine rings is 1. The summed E-state index contributed by atoms with van der Waals surface area (Å²) in [6.45, 7) is 7.01. The van der Waals surface area contributed by atoms with Gasteiger partial charge in [-0.2, -0.15) is 0 Å². The first-order chi connectivity index (χ1) is 9.77. The van der Waals surface area contributed by atoms with Crippen LogP contribution in [0.4, 0.5) is 0 Å². The lowest BCUT2D eigenvalue weighted by molar-refractivity contribution is -0.185. The summed E-state index contributed by atoms with van der Waals surface area (Å²) in [7, 11) is 0. The van der Waals surface area contributed by atoms with E-state index in [0.29, 0.717) is 19.6 Å². The molecule has 0 aromatic heterocycles. The number of carbonyl (C=O) groups excluding carboxylic acids is 1. The van der Waals surface area contributed by atoms with E-state index >= 15 is 0 Å². The van der Waals surface area contributed by atoms with Crippen molar-refractivity contribution in [1.29, 1.82) is 0 Å². The number of nitrogens with zero attached hydrogens (tertiary/aromatic N) is 2. The largest absolute Gasteiger partial charge is 0.378 e. The first kappa shape index (κ1) is 14.3. The van der Waals surface area contributed by atoms with Gasteiger partial charge in [0.2, 0.25) is 5.91 Å². The molecule has 1 amide bonds. The first-order valence-electron chi connectivity index (χ1n) is 7.63. The molecule has 0 aromatic rings. The lowest BCUT2D eigenvalue weighted by Crippen LogP contribution is -2.46. The highest BCUT2D eigenvalue weighted by Crippen LogP contribution is 2.31. The van der Waals surface area contributed by atoms with Crippen molar-refractivity contribution in [2.75, 3.05) is 59.2 Å². The summed E-state index contributed by atoms with van der Waals surface area (Å²) in [6.07, 6.45) is 2.44. The Bertz CT molecular complexity index is 328. The number of carbonyl (C=O) groups is 1. The molecule has 0 aliphatic carbocycles. The minimum atomic E-state index is -0.315. The Morgan fingerprint density at radius 3 is 2.25 bits per heavy atom. The summed E-state index contributed by atoms with van der Waals surface area (Å²) >= 11 is 0. The van der Waals surface area contributed by atoms with E-state index in [-0.39, 0.29) is 11.7 Å². The summed E-state index contributed by atoms with van der Waals surface area (Å²) in [5.41, 5.74) is 0. The van der Waals surface area contributed by atoms with Gasteiger partial charge in [-0.1, -0.05) is 0 Å². The Morgan fingerprint density at radius 1 is 0.950 bits per heavy atom. The number of piperidine rings is 1. The number of hydrogen-bond donors (Lipinski definition) is 0. The van der Waals surface area contributed by atoms with Crippen LogP contribution in [0.1, 0.15) is 19.3 Å². The van der Waals surface area contributed by atoms with E-state index in [2.05, 4.69) is 4.90 Å². The molecule has 3 aliphatic rings. The Morgan fingerprint density at radius 2 is 1.60 bits per heavy atom. The second-order valence-corrected chi connectivity index (χ2v) is 5.69. The molecule has 3 rings (SSSR count). The molecule has 3 heterocycles. The summed E-state index contributed by atoms with van der Waals surface area (Å²) in [4.78, 5) is 16.3. The number of rotatable bonds is 3. The molecular weight excluding hydrogens is 260 g/mol. The fourth-order valence-corrected chi connectivity index (χ4v) is 3.13. The number of ether oxygens (including phenoxy) is 3. The predicted molar refractivity (Wildman–Crippen MR) is 72.3 cm³/mol. The summed E-state index contributed by atoms with van der Waals surface area (Å²) < 4.78 is 16.7. The normalized spacial score (nSPS) is 27.1. The molecule has 0 radical (unpaired) electrons. The monoisotopic (exact) mass is 284 g/mol. The fraction of sp³-hybridized carbons (Fsp3) is 0.929. The zero-order valence-corrected chi connectivity index (χ0v) is 12.0. The maximum atomic E-state index is 12.1. The van der Waals surface area contributed by atoms with Crippen LogP contribution in [0.15, 0.2) is 0 Å². The molecule has 0 saturated carbocycles. The van der Waals surface area contributed by atoms with Crippen molar-refractivity contribution >= 4 is 5.91 Å². The smallest absolute Gasteiger partial charge is 0.224 e. The number of amides is 1. The fourth-order valence-electron chi connectivity index (χ4n) is 3.13. The molecule has 0 aromatic carbocycles. The van der Waals surface area contributed by atoms with Gasteiger partial charge in [0.15, 0.2) is 5.79 Å². The highest BCUT2D eigenvalue weighted by atomic mass is 16.7. The van der Waals surface area contributed by atoms with Crippen LogP contribution in [0.2, 0.25) is 0 Å². The Balaban J connectivity index is 1.38. The third-order valence-corrected chi connectivity index (χ3v) is 4.44. The van der Waals surface area contributed by atoms with E-state index in [1.807, 2.05) is 4.90 Å². The van der Waals surface area contributed by atoms with Crippen molar-refractivity contribution in [2.45, 2.75) is 25.0 Å².